The van der Waals surface area contributed by atoms with E-state index >= 15 is 0 Å². The Bertz CT molecular complexity index is 679. The van der Waals surface area contributed by atoms with Crippen LogP contribution in [0.1, 0.15) is 6.92 Å². The zero-order valence-corrected chi connectivity index (χ0v) is 12.6. The first kappa shape index (κ1) is 13.9. The number of sulfonamides is 1. The number of rotatable bonds is 4. The minimum Gasteiger partial charge on any atom is -0.381 e. The Morgan fingerprint density at radius 2 is 2.00 bits per heavy atom. The highest BCUT2D eigenvalue weighted by atomic mass is 79.9. The molecule has 0 aliphatic rings. The number of aromatic nitrogens is 2. The third kappa shape index (κ3) is 3.07. The van der Waals surface area contributed by atoms with E-state index in [0.29, 0.717) is 12.2 Å². The molecule has 0 atom stereocenters. The van der Waals surface area contributed by atoms with Gasteiger partial charge in [0, 0.05) is 22.9 Å². The van der Waals surface area contributed by atoms with Gasteiger partial charge in [0.05, 0.1) is 0 Å². The third-order valence-electron chi connectivity index (χ3n) is 2.46. The molecule has 1 heterocycles. The van der Waals surface area contributed by atoms with Crippen LogP contribution in [-0.2, 0) is 16.6 Å². The van der Waals surface area contributed by atoms with Gasteiger partial charge in [-0.2, -0.15) is 5.10 Å². The summed E-state index contributed by atoms with van der Waals surface area (Å²) in [6.07, 6.45) is 1.41. The van der Waals surface area contributed by atoms with Crippen molar-refractivity contribution < 1.29 is 8.42 Å². The number of nitrogen functional groups attached to an aromatic ring is 1. The van der Waals surface area contributed by atoms with Gasteiger partial charge in [0.25, 0.3) is 10.0 Å². The van der Waals surface area contributed by atoms with Crippen molar-refractivity contribution in [2.45, 2.75) is 18.4 Å². The van der Waals surface area contributed by atoms with Gasteiger partial charge in [0.1, 0.15) is 4.90 Å². The fourth-order valence-corrected chi connectivity index (χ4v) is 2.91. The number of nitrogens with two attached hydrogens (primary N) is 1. The molecule has 0 saturated heterocycles. The van der Waals surface area contributed by atoms with Crippen LogP contribution in [0, 0.1) is 0 Å². The highest BCUT2D eigenvalue weighted by Crippen LogP contribution is 2.21. The molecule has 0 aliphatic carbocycles. The lowest BCUT2D eigenvalue weighted by Crippen LogP contribution is -2.13. The molecule has 19 heavy (non-hydrogen) atoms. The summed E-state index contributed by atoms with van der Waals surface area (Å²) < 4.78 is 29.2. The maximum absolute atomic E-state index is 12.2. The highest BCUT2D eigenvalue weighted by Gasteiger charge is 2.21. The average molecular weight is 345 g/mol. The van der Waals surface area contributed by atoms with Crippen molar-refractivity contribution in [3.63, 3.8) is 0 Å². The molecule has 0 unspecified atom stereocenters. The van der Waals surface area contributed by atoms with E-state index in [0.717, 1.165) is 4.47 Å². The Labute approximate surface area is 119 Å². The lowest BCUT2D eigenvalue weighted by Gasteiger charge is -2.06. The van der Waals surface area contributed by atoms with Gasteiger partial charge in [-0.05, 0) is 31.2 Å². The quantitative estimate of drug-likeness (QED) is 0.887. The molecule has 0 fully saturated rings. The Morgan fingerprint density at radius 3 is 2.53 bits per heavy atom. The van der Waals surface area contributed by atoms with Crippen molar-refractivity contribution in [1.82, 2.24) is 9.78 Å². The summed E-state index contributed by atoms with van der Waals surface area (Å²) in [6, 6.07) is 6.80. The molecule has 0 radical (unpaired) electrons. The Kier molecular flexibility index (Phi) is 3.81. The normalized spacial score (nSPS) is 11.5. The second-order valence-corrected chi connectivity index (χ2v) is 6.41. The fraction of sp³-hybridized carbons (Fsp3) is 0.182. The first-order valence-corrected chi connectivity index (χ1v) is 7.81. The summed E-state index contributed by atoms with van der Waals surface area (Å²) in [5, 5.41) is 3.92. The van der Waals surface area contributed by atoms with Crippen LogP contribution in [0.25, 0.3) is 0 Å². The zero-order valence-electron chi connectivity index (χ0n) is 10.2. The highest BCUT2D eigenvalue weighted by molar-refractivity contribution is 9.10. The number of benzene rings is 1. The van der Waals surface area contributed by atoms with Gasteiger partial charge in [-0.3, -0.25) is 9.40 Å². The van der Waals surface area contributed by atoms with Gasteiger partial charge in [-0.15, -0.1) is 0 Å². The Balaban J connectivity index is 2.31. The topological polar surface area (TPSA) is 90.0 Å². The lowest BCUT2D eigenvalue weighted by atomic mass is 10.3. The minimum absolute atomic E-state index is 0.00791. The Hall–Kier alpha value is -1.54. The molecule has 2 rings (SSSR count). The molecule has 0 amide bonds. The molecule has 3 N–H and O–H groups in total. The minimum atomic E-state index is -3.72. The molecule has 1 aromatic heterocycles. The smallest absolute Gasteiger partial charge is 0.267 e. The largest absolute Gasteiger partial charge is 0.381 e. The van der Waals surface area contributed by atoms with Crippen molar-refractivity contribution in [2.24, 2.45) is 0 Å². The molecule has 0 aliphatic heterocycles. The van der Waals surface area contributed by atoms with Crippen LogP contribution >= 0.6 is 15.9 Å². The van der Waals surface area contributed by atoms with Crippen LogP contribution in [-0.4, -0.2) is 18.2 Å². The molecule has 102 valence electrons. The number of hydrogen-bond donors (Lipinski definition) is 2. The first-order valence-electron chi connectivity index (χ1n) is 5.53. The molecule has 1 aromatic carbocycles. The van der Waals surface area contributed by atoms with E-state index in [4.69, 9.17) is 5.73 Å². The van der Waals surface area contributed by atoms with E-state index in [-0.39, 0.29) is 10.7 Å². The zero-order chi connectivity index (χ0) is 14.0. The van der Waals surface area contributed by atoms with Crippen LogP contribution in [0.2, 0.25) is 0 Å². The standard InChI is InChI=1S/C11H13BrN4O2S/c1-2-16-7-10(11(13)14-16)19(17,18)15-9-5-3-8(12)4-6-9/h3-7,15H,2H2,1H3,(H2,13,14). The molecule has 6 nitrogen and oxygen atoms in total. The number of hydrogen-bond acceptors (Lipinski definition) is 4. The van der Waals surface area contributed by atoms with Crippen molar-refractivity contribution >= 4 is 37.5 Å². The van der Waals surface area contributed by atoms with Gasteiger partial charge >= 0.3 is 0 Å². The maximum Gasteiger partial charge on any atom is 0.267 e. The van der Waals surface area contributed by atoms with E-state index in [2.05, 4.69) is 25.8 Å². The molecule has 0 bridgehead atoms. The van der Waals surface area contributed by atoms with E-state index < -0.39 is 10.0 Å². The SMILES string of the molecule is CCn1cc(S(=O)(=O)Nc2ccc(Br)cc2)c(N)n1. The van der Waals surface area contributed by atoms with E-state index in [1.54, 1.807) is 24.3 Å². The third-order valence-corrected chi connectivity index (χ3v) is 4.39. The summed E-state index contributed by atoms with van der Waals surface area (Å²) in [5.74, 6) is -0.00791. The van der Waals surface area contributed by atoms with Crippen molar-refractivity contribution in [2.75, 3.05) is 10.5 Å². The fourth-order valence-electron chi connectivity index (χ4n) is 1.52. The first-order chi connectivity index (χ1) is 8.92. The van der Waals surface area contributed by atoms with Crippen LogP contribution in [0.15, 0.2) is 39.8 Å². The van der Waals surface area contributed by atoms with Crippen LogP contribution in [0.4, 0.5) is 11.5 Å². The van der Waals surface area contributed by atoms with Crippen molar-refractivity contribution in [3.05, 3.63) is 34.9 Å². The average Bonchev–Trinajstić information content (AvgIpc) is 2.74. The molecular weight excluding hydrogens is 332 g/mol. The van der Waals surface area contributed by atoms with Gasteiger partial charge in [-0.1, -0.05) is 15.9 Å². The second-order valence-electron chi connectivity index (χ2n) is 3.85. The molecule has 2 aromatic rings. The number of nitrogens with zero attached hydrogens (tertiary/aromatic N) is 2. The summed E-state index contributed by atoms with van der Waals surface area (Å²) in [5.41, 5.74) is 6.09. The predicted octanol–water partition coefficient (Wildman–Crippen LogP) is 2.05. The van der Waals surface area contributed by atoms with Gasteiger partial charge < -0.3 is 5.73 Å². The van der Waals surface area contributed by atoms with Gasteiger partial charge in [0.15, 0.2) is 5.82 Å². The van der Waals surface area contributed by atoms with Gasteiger partial charge in [0.2, 0.25) is 0 Å². The lowest BCUT2D eigenvalue weighted by molar-refractivity contribution is 0.600. The van der Waals surface area contributed by atoms with E-state index in [1.165, 1.54) is 10.9 Å². The summed E-state index contributed by atoms with van der Waals surface area (Å²) >= 11 is 3.28. The molecule has 0 saturated carbocycles. The number of nitrogens with one attached hydrogen (secondary N) is 1. The number of aryl methyl sites for hydroxylation is 1. The van der Waals surface area contributed by atoms with Crippen molar-refractivity contribution in [1.29, 1.82) is 0 Å². The number of halogens is 1. The molecular formula is C11H13BrN4O2S. The number of anilines is 2. The summed E-state index contributed by atoms with van der Waals surface area (Å²) in [6.45, 7) is 2.41. The Morgan fingerprint density at radius 1 is 1.37 bits per heavy atom. The maximum atomic E-state index is 12.2. The molecule has 0 spiro atoms. The van der Waals surface area contributed by atoms with E-state index in [9.17, 15) is 8.42 Å². The summed E-state index contributed by atoms with van der Waals surface area (Å²) in [7, 11) is -3.72. The van der Waals surface area contributed by atoms with E-state index in [1.807, 2.05) is 6.92 Å². The van der Waals surface area contributed by atoms with Crippen LogP contribution in [0.5, 0.6) is 0 Å². The second kappa shape index (κ2) is 5.22. The van der Waals surface area contributed by atoms with Gasteiger partial charge in [-0.25, -0.2) is 8.42 Å². The predicted molar refractivity (Wildman–Crippen MR) is 77.3 cm³/mol. The van der Waals surface area contributed by atoms with Crippen LogP contribution in [0.3, 0.4) is 0 Å². The van der Waals surface area contributed by atoms with Crippen LogP contribution < -0.4 is 10.5 Å². The monoisotopic (exact) mass is 344 g/mol. The molecule has 8 heteroatoms. The van der Waals surface area contributed by atoms with Crippen molar-refractivity contribution in [3.8, 4) is 0 Å². The summed E-state index contributed by atoms with van der Waals surface area (Å²) in [4.78, 5) is -0.0164.